The first-order valence-electron chi connectivity index (χ1n) is 10.8. The number of carbonyl (C=O) groups excluding carboxylic acids is 2. The molecule has 1 aliphatic heterocycles. The highest BCUT2D eigenvalue weighted by molar-refractivity contribution is 7.80. The number of hydrogen-bond donors (Lipinski definition) is 3. The number of para-hydroxylation sites is 1. The standard InChI is InChI=1S/C24H29N3O4S/c1-3-16(2)31-18-12-10-17(11-13-18)22(28)27-24(32)26-21-9-5-4-8-20(21)23(29)25-15-19-7-6-14-30-19/h4-5,8-13,16,19H,3,6-7,14-15H2,1-2H3,(H,25,29)(H2,26,27,28,32). The van der Waals surface area contributed by atoms with E-state index in [2.05, 4.69) is 16.0 Å². The van der Waals surface area contributed by atoms with Crippen LogP contribution in [0.5, 0.6) is 5.75 Å². The first kappa shape index (κ1) is 23.7. The number of carbonyl (C=O) groups is 2. The topological polar surface area (TPSA) is 88.7 Å². The van der Waals surface area contributed by atoms with Gasteiger partial charge in [0.05, 0.1) is 23.5 Å². The summed E-state index contributed by atoms with van der Waals surface area (Å²) in [7, 11) is 0. The molecule has 0 bridgehead atoms. The molecule has 2 unspecified atom stereocenters. The van der Waals surface area contributed by atoms with Gasteiger partial charge in [-0.25, -0.2) is 0 Å². The summed E-state index contributed by atoms with van der Waals surface area (Å²) in [6.45, 7) is 5.24. The summed E-state index contributed by atoms with van der Waals surface area (Å²) in [5, 5.41) is 8.60. The highest BCUT2D eigenvalue weighted by atomic mass is 32.1. The maximum Gasteiger partial charge on any atom is 0.257 e. The lowest BCUT2D eigenvalue weighted by Crippen LogP contribution is -2.35. The molecule has 0 aliphatic carbocycles. The predicted octanol–water partition coefficient (Wildman–Crippen LogP) is 3.90. The van der Waals surface area contributed by atoms with Crippen LogP contribution in [0.2, 0.25) is 0 Å². The SMILES string of the molecule is CCC(C)Oc1ccc(C(=O)NC(=S)Nc2ccccc2C(=O)NCC2CCCO2)cc1. The van der Waals surface area contributed by atoms with Gasteiger partial charge in [0.2, 0.25) is 0 Å². The van der Waals surface area contributed by atoms with Gasteiger partial charge in [-0.2, -0.15) is 0 Å². The third-order valence-corrected chi connectivity index (χ3v) is 5.39. The Kier molecular flexibility index (Phi) is 8.58. The van der Waals surface area contributed by atoms with E-state index in [-0.39, 0.29) is 29.1 Å². The number of anilines is 1. The lowest BCUT2D eigenvalue weighted by molar-refractivity contribution is 0.0858. The number of amides is 2. The van der Waals surface area contributed by atoms with Crippen molar-refractivity contribution in [3.8, 4) is 5.75 Å². The molecular weight excluding hydrogens is 426 g/mol. The van der Waals surface area contributed by atoms with Crippen LogP contribution in [0.15, 0.2) is 48.5 Å². The maximum absolute atomic E-state index is 12.6. The van der Waals surface area contributed by atoms with Crippen molar-refractivity contribution in [1.29, 1.82) is 0 Å². The molecule has 1 heterocycles. The van der Waals surface area contributed by atoms with Crippen molar-refractivity contribution < 1.29 is 19.1 Å². The quantitative estimate of drug-likeness (QED) is 0.523. The summed E-state index contributed by atoms with van der Waals surface area (Å²) in [4.78, 5) is 25.2. The van der Waals surface area contributed by atoms with Gasteiger partial charge in [0.15, 0.2) is 5.11 Å². The van der Waals surface area contributed by atoms with Gasteiger partial charge in [-0.15, -0.1) is 0 Å². The zero-order valence-corrected chi connectivity index (χ0v) is 19.2. The van der Waals surface area contributed by atoms with Gasteiger partial charge in [0, 0.05) is 18.7 Å². The van der Waals surface area contributed by atoms with Crippen LogP contribution in [0.4, 0.5) is 5.69 Å². The average Bonchev–Trinajstić information content (AvgIpc) is 3.32. The van der Waals surface area contributed by atoms with Crippen molar-refractivity contribution in [3.05, 3.63) is 59.7 Å². The van der Waals surface area contributed by atoms with E-state index in [1.54, 1.807) is 48.5 Å². The normalized spacial score (nSPS) is 16.1. The van der Waals surface area contributed by atoms with Crippen molar-refractivity contribution in [2.45, 2.75) is 45.3 Å². The number of nitrogens with one attached hydrogen (secondary N) is 3. The lowest BCUT2D eigenvalue weighted by atomic mass is 10.1. The van der Waals surface area contributed by atoms with Crippen molar-refractivity contribution in [2.75, 3.05) is 18.5 Å². The number of rotatable bonds is 8. The van der Waals surface area contributed by atoms with Crippen LogP contribution in [0.3, 0.4) is 0 Å². The van der Waals surface area contributed by atoms with Crippen LogP contribution in [0.25, 0.3) is 0 Å². The summed E-state index contributed by atoms with van der Waals surface area (Å²) in [5.74, 6) is 0.132. The van der Waals surface area contributed by atoms with Crippen LogP contribution >= 0.6 is 12.2 Å². The van der Waals surface area contributed by atoms with Crippen LogP contribution in [0, 0.1) is 0 Å². The molecule has 1 aliphatic rings. The second-order valence-electron chi connectivity index (χ2n) is 7.66. The molecule has 3 N–H and O–H groups in total. The van der Waals surface area contributed by atoms with Crippen molar-refractivity contribution in [3.63, 3.8) is 0 Å². The molecule has 2 amide bonds. The van der Waals surface area contributed by atoms with Gasteiger partial charge in [-0.05, 0) is 74.8 Å². The Bertz CT molecular complexity index is 943. The zero-order chi connectivity index (χ0) is 22.9. The Morgan fingerprint density at radius 2 is 1.91 bits per heavy atom. The summed E-state index contributed by atoms with van der Waals surface area (Å²) in [6.07, 6.45) is 3.02. The maximum atomic E-state index is 12.6. The molecule has 2 aromatic rings. The highest BCUT2D eigenvalue weighted by Gasteiger charge is 2.18. The molecule has 2 aromatic carbocycles. The molecule has 0 aromatic heterocycles. The summed E-state index contributed by atoms with van der Waals surface area (Å²) >= 11 is 5.29. The monoisotopic (exact) mass is 455 g/mol. The molecule has 0 spiro atoms. The van der Waals surface area contributed by atoms with Crippen molar-refractivity contribution >= 4 is 34.8 Å². The minimum absolute atomic E-state index is 0.0569. The average molecular weight is 456 g/mol. The fourth-order valence-electron chi connectivity index (χ4n) is 3.23. The first-order valence-corrected chi connectivity index (χ1v) is 11.2. The first-order chi connectivity index (χ1) is 15.5. The van der Waals surface area contributed by atoms with Gasteiger partial charge in [-0.1, -0.05) is 19.1 Å². The lowest BCUT2D eigenvalue weighted by Gasteiger charge is -2.15. The van der Waals surface area contributed by atoms with Crippen molar-refractivity contribution in [1.82, 2.24) is 10.6 Å². The van der Waals surface area contributed by atoms with Gasteiger partial charge in [-0.3, -0.25) is 14.9 Å². The van der Waals surface area contributed by atoms with E-state index < -0.39 is 0 Å². The molecule has 7 nitrogen and oxygen atoms in total. The smallest absolute Gasteiger partial charge is 0.257 e. The van der Waals surface area contributed by atoms with Crippen LogP contribution < -0.4 is 20.7 Å². The van der Waals surface area contributed by atoms with E-state index in [1.807, 2.05) is 13.8 Å². The predicted molar refractivity (Wildman–Crippen MR) is 128 cm³/mol. The Morgan fingerprint density at radius 3 is 2.59 bits per heavy atom. The Labute approximate surface area is 193 Å². The molecule has 2 atom stereocenters. The Hall–Kier alpha value is -2.97. The molecule has 1 fully saturated rings. The fourth-order valence-corrected chi connectivity index (χ4v) is 3.43. The highest BCUT2D eigenvalue weighted by Crippen LogP contribution is 2.17. The molecule has 0 radical (unpaired) electrons. The summed E-state index contributed by atoms with van der Waals surface area (Å²) in [5.41, 5.74) is 1.40. The molecule has 8 heteroatoms. The third-order valence-electron chi connectivity index (χ3n) is 5.19. The number of thiocarbonyl (C=S) groups is 1. The van der Waals surface area contributed by atoms with E-state index in [1.165, 1.54) is 0 Å². The molecule has 32 heavy (non-hydrogen) atoms. The van der Waals surface area contributed by atoms with Gasteiger partial charge < -0.3 is 20.1 Å². The Balaban J connectivity index is 1.56. The van der Waals surface area contributed by atoms with E-state index >= 15 is 0 Å². The van der Waals surface area contributed by atoms with E-state index in [0.29, 0.717) is 29.1 Å². The zero-order valence-electron chi connectivity index (χ0n) is 18.4. The second kappa shape index (κ2) is 11.6. The van der Waals surface area contributed by atoms with E-state index in [4.69, 9.17) is 21.7 Å². The minimum atomic E-state index is -0.349. The van der Waals surface area contributed by atoms with E-state index in [9.17, 15) is 9.59 Å². The summed E-state index contributed by atoms with van der Waals surface area (Å²) < 4.78 is 11.3. The number of hydrogen-bond acceptors (Lipinski definition) is 5. The van der Waals surface area contributed by atoms with Crippen LogP contribution in [-0.2, 0) is 4.74 Å². The van der Waals surface area contributed by atoms with Gasteiger partial charge in [0.1, 0.15) is 5.75 Å². The minimum Gasteiger partial charge on any atom is -0.491 e. The third kappa shape index (κ3) is 6.77. The summed E-state index contributed by atoms with van der Waals surface area (Å²) in [6, 6.07) is 13.9. The molecule has 0 saturated carbocycles. The molecule has 1 saturated heterocycles. The van der Waals surface area contributed by atoms with Crippen LogP contribution in [0.1, 0.15) is 53.8 Å². The molecular formula is C24H29N3O4S. The van der Waals surface area contributed by atoms with Gasteiger partial charge >= 0.3 is 0 Å². The molecule has 3 rings (SSSR count). The van der Waals surface area contributed by atoms with Crippen LogP contribution in [-0.4, -0.2) is 42.3 Å². The molecule has 170 valence electrons. The number of ether oxygens (including phenoxy) is 2. The van der Waals surface area contributed by atoms with E-state index in [0.717, 1.165) is 25.9 Å². The fraction of sp³-hybridized carbons (Fsp3) is 0.375. The van der Waals surface area contributed by atoms with Crippen molar-refractivity contribution in [2.24, 2.45) is 0 Å². The van der Waals surface area contributed by atoms with Gasteiger partial charge in [0.25, 0.3) is 11.8 Å². The largest absolute Gasteiger partial charge is 0.491 e. The Morgan fingerprint density at radius 1 is 1.16 bits per heavy atom. The number of benzene rings is 2. The second-order valence-corrected chi connectivity index (χ2v) is 8.07.